The van der Waals surface area contributed by atoms with E-state index < -0.39 is 11.7 Å². The van der Waals surface area contributed by atoms with Crippen LogP contribution in [-0.2, 0) is 6.18 Å². The molecule has 0 unspecified atom stereocenters. The Morgan fingerprint density at radius 1 is 1.07 bits per heavy atom. The average Bonchev–Trinajstić information content (AvgIpc) is 3.15. The van der Waals surface area contributed by atoms with Crippen molar-refractivity contribution in [3.63, 3.8) is 0 Å². The fraction of sp³-hybridized carbons (Fsp3) is 0.200. The normalized spacial score (nSPS) is 12.0. The quantitative estimate of drug-likeness (QED) is 0.291. The molecule has 0 atom stereocenters. The van der Waals surface area contributed by atoms with Crippen LogP contribution >= 0.6 is 0 Å². The molecule has 2 aromatic carbocycles. The second kappa shape index (κ2) is 7.38. The van der Waals surface area contributed by atoms with E-state index in [1.54, 1.807) is 10.5 Å². The lowest BCUT2D eigenvalue weighted by Crippen LogP contribution is -2.11. The highest BCUT2D eigenvalue weighted by Crippen LogP contribution is 2.35. The minimum absolute atomic E-state index is 0.134. The summed E-state index contributed by atoms with van der Waals surface area (Å²) in [6, 6.07) is 7.58. The topological polar surface area (TPSA) is 109 Å². The van der Waals surface area contributed by atoms with Crippen LogP contribution in [0, 0.1) is 0 Å². The van der Waals surface area contributed by atoms with Crippen LogP contribution in [0.3, 0.4) is 0 Å². The van der Waals surface area contributed by atoms with E-state index in [1.807, 2.05) is 0 Å². The molecule has 0 saturated heterocycles. The number of phenols is 2. The molecule has 0 bridgehead atoms. The molecule has 30 heavy (non-hydrogen) atoms. The summed E-state index contributed by atoms with van der Waals surface area (Å²) in [5.74, 6) is -0.274. The first-order valence-corrected chi connectivity index (χ1v) is 9.14. The third-order valence-corrected chi connectivity index (χ3v) is 4.69. The first kappa shape index (κ1) is 19.8. The van der Waals surface area contributed by atoms with Gasteiger partial charge in [0.1, 0.15) is 0 Å². The minimum Gasteiger partial charge on any atom is -0.504 e. The molecule has 5 N–H and O–H groups in total. The van der Waals surface area contributed by atoms with E-state index in [9.17, 15) is 23.4 Å². The van der Waals surface area contributed by atoms with Crippen LogP contribution in [0.15, 0.2) is 42.6 Å². The maximum absolute atomic E-state index is 13.2. The van der Waals surface area contributed by atoms with Crippen molar-refractivity contribution in [2.45, 2.75) is 12.6 Å². The first-order valence-electron chi connectivity index (χ1n) is 9.14. The molecular formula is C20H18F3N5O2. The van der Waals surface area contributed by atoms with E-state index in [0.29, 0.717) is 47.7 Å². The van der Waals surface area contributed by atoms with E-state index in [-0.39, 0.29) is 17.0 Å². The Bertz CT molecular complexity index is 1240. The van der Waals surface area contributed by atoms with Crippen molar-refractivity contribution < 1.29 is 23.4 Å². The van der Waals surface area contributed by atoms with Crippen molar-refractivity contribution in [3.8, 4) is 22.8 Å². The zero-order valence-corrected chi connectivity index (χ0v) is 15.6. The van der Waals surface area contributed by atoms with Gasteiger partial charge >= 0.3 is 6.18 Å². The van der Waals surface area contributed by atoms with Gasteiger partial charge in [0.05, 0.1) is 28.5 Å². The van der Waals surface area contributed by atoms with E-state index in [2.05, 4.69) is 15.3 Å². The molecule has 0 fully saturated rings. The maximum Gasteiger partial charge on any atom is 0.416 e. The SMILES string of the molecule is NCCCNc1nc2cc(C(F)(F)F)ccc2n2c(-c3ccc(O)c(O)c3)cnc12. The molecule has 0 aliphatic rings. The molecule has 0 amide bonds. The van der Waals surface area contributed by atoms with E-state index in [1.165, 1.54) is 24.4 Å². The second-order valence-corrected chi connectivity index (χ2v) is 6.74. The molecule has 0 saturated carbocycles. The van der Waals surface area contributed by atoms with Gasteiger partial charge in [-0.2, -0.15) is 13.2 Å². The van der Waals surface area contributed by atoms with Gasteiger partial charge in [-0.05, 0) is 49.4 Å². The number of nitrogens with zero attached hydrogens (tertiary/aromatic N) is 3. The molecule has 0 radical (unpaired) electrons. The van der Waals surface area contributed by atoms with E-state index in [0.717, 1.165) is 12.1 Å². The largest absolute Gasteiger partial charge is 0.504 e. The summed E-state index contributed by atoms with van der Waals surface area (Å²) >= 11 is 0. The number of anilines is 1. The summed E-state index contributed by atoms with van der Waals surface area (Å²) in [5.41, 5.74) is 6.73. The first-order chi connectivity index (χ1) is 14.3. The Morgan fingerprint density at radius 2 is 1.87 bits per heavy atom. The summed E-state index contributed by atoms with van der Waals surface area (Å²) in [5, 5.41) is 22.5. The average molecular weight is 417 g/mol. The van der Waals surface area contributed by atoms with Crippen LogP contribution in [0.5, 0.6) is 11.5 Å². The summed E-state index contributed by atoms with van der Waals surface area (Å²) in [6.45, 7) is 0.924. The van der Waals surface area contributed by atoms with Crippen molar-refractivity contribution in [3.05, 3.63) is 48.2 Å². The third-order valence-electron chi connectivity index (χ3n) is 4.69. The molecule has 4 rings (SSSR count). The van der Waals surface area contributed by atoms with Crippen LogP contribution in [0.4, 0.5) is 19.0 Å². The lowest BCUT2D eigenvalue weighted by atomic mass is 10.1. The molecular weight excluding hydrogens is 399 g/mol. The zero-order chi connectivity index (χ0) is 21.5. The zero-order valence-electron chi connectivity index (χ0n) is 15.6. The van der Waals surface area contributed by atoms with Gasteiger partial charge in [0, 0.05) is 12.1 Å². The number of rotatable bonds is 5. The summed E-state index contributed by atoms with van der Waals surface area (Å²) in [6.07, 6.45) is -2.32. The number of nitrogens with one attached hydrogen (secondary N) is 1. The van der Waals surface area contributed by atoms with Crippen LogP contribution in [-0.4, -0.2) is 37.7 Å². The molecule has 2 heterocycles. The lowest BCUT2D eigenvalue weighted by molar-refractivity contribution is -0.137. The van der Waals surface area contributed by atoms with Gasteiger partial charge < -0.3 is 21.3 Å². The number of aromatic nitrogens is 3. The maximum atomic E-state index is 13.2. The second-order valence-electron chi connectivity index (χ2n) is 6.74. The van der Waals surface area contributed by atoms with Gasteiger partial charge in [-0.1, -0.05) is 0 Å². The monoisotopic (exact) mass is 417 g/mol. The molecule has 0 aliphatic heterocycles. The Kier molecular flexibility index (Phi) is 4.86. The fourth-order valence-corrected chi connectivity index (χ4v) is 3.23. The number of aromatic hydroxyl groups is 2. The summed E-state index contributed by atoms with van der Waals surface area (Å²) in [7, 11) is 0. The van der Waals surface area contributed by atoms with E-state index >= 15 is 0 Å². The Hall–Kier alpha value is -3.53. The minimum atomic E-state index is -4.50. The molecule has 4 aromatic rings. The molecule has 7 nitrogen and oxygen atoms in total. The van der Waals surface area contributed by atoms with Crippen molar-refractivity contribution in [1.82, 2.24) is 14.4 Å². The Labute approximate surface area is 168 Å². The summed E-state index contributed by atoms with van der Waals surface area (Å²) in [4.78, 5) is 8.75. The van der Waals surface area contributed by atoms with Crippen molar-refractivity contribution in [2.75, 3.05) is 18.4 Å². The van der Waals surface area contributed by atoms with Crippen molar-refractivity contribution >= 4 is 22.5 Å². The van der Waals surface area contributed by atoms with Crippen LogP contribution in [0.1, 0.15) is 12.0 Å². The third kappa shape index (κ3) is 3.45. The number of fused-ring (bicyclic) bond motifs is 3. The highest BCUT2D eigenvalue weighted by Gasteiger charge is 2.31. The van der Waals surface area contributed by atoms with Crippen molar-refractivity contribution in [2.24, 2.45) is 5.73 Å². The smallest absolute Gasteiger partial charge is 0.416 e. The number of halogens is 3. The van der Waals surface area contributed by atoms with Crippen LogP contribution in [0.25, 0.3) is 27.9 Å². The number of nitrogens with two attached hydrogens (primary N) is 1. The number of imidazole rings is 1. The van der Waals surface area contributed by atoms with Crippen molar-refractivity contribution in [1.29, 1.82) is 0 Å². The molecule has 0 spiro atoms. The predicted octanol–water partition coefficient (Wildman–Crippen LogP) is 3.74. The molecule has 156 valence electrons. The van der Waals surface area contributed by atoms with Gasteiger partial charge in [0.2, 0.25) is 0 Å². The highest BCUT2D eigenvalue weighted by atomic mass is 19.4. The number of benzene rings is 2. The fourth-order valence-electron chi connectivity index (χ4n) is 3.23. The Balaban J connectivity index is 1.98. The van der Waals surface area contributed by atoms with Gasteiger partial charge in [-0.3, -0.25) is 4.40 Å². The highest BCUT2D eigenvalue weighted by molar-refractivity contribution is 5.87. The number of phenolic OH excluding ortho intramolecular Hbond substituents is 2. The molecule has 10 heteroatoms. The van der Waals surface area contributed by atoms with Gasteiger partial charge in [0.15, 0.2) is 23.0 Å². The number of alkyl halides is 3. The Morgan fingerprint density at radius 3 is 2.57 bits per heavy atom. The van der Waals surface area contributed by atoms with Crippen LogP contribution in [0.2, 0.25) is 0 Å². The summed E-state index contributed by atoms with van der Waals surface area (Å²) < 4.78 is 41.3. The van der Waals surface area contributed by atoms with E-state index in [4.69, 9.17) is 5.73 Å². The molecule has 2 aromatic heterocycles. The number of hydrogen-bond acceptors (Lipinski definition) is 6. The van der Waals surface area contributed by atoms with Crippen LogP contribution < -0.4 is 11.1 Å². The number of hydrogen-bond donors (Lipinski definition) is 4. The molecule has 0 aliphatic carbocycles. The van der Waals surface area contributed by atoms with Gasteiger partial charge in [-0.15, -0.1) is 0 Å². The van der Waals surface area contributed by atoms with Gasteiger partial charge in [0.25, 0.3) is 0 Å². The predicted molar refractivity (Wildman–Crippen MR) is 106 cm³/mol. The lowest BCUT2D eigenvalue weighted by Gasteiger charge is -2.13. The van der Waals surface area contributed by atoms with Gasteiger partial charge in [-0.25, -0.2) is 9.97 Å². The standard InChI is InChI=1S/C20H18F3N5O2/c21-20(22,23)12-3-4-14-13(9-12)27-18(25-7-1-6-24)19-26-10-15(28(14)19)11-2-5-16(29)17(30)8-11/h2-5,8-10,29-30H,1,6-7,24H2,(H,25,27).